The van der Waals surface area contributed by atoms with E-state index < -0.39 is 6.10 Å². The molecule has 2 aromatic carbocycles. The first-order valence-electron chi connectivity index (χ1n) is 6.80. The maximum absolute atomic E-state index is 10.2. The molecule has 0 aromatic heterocycles. The van der Waals surface area contributed by atoms with Gasteiger partial charge >= 0.3 is 0 Å². The third kappa shape index (κ3) is 3.92. The summed E-state index contributed by atoms with van der Waals surface area (Å²) in [7, 11) is 0. The lowest BCUT2D eigenvalue weighted by molar-refractivity contribution is 0.170. The molecule has 1 unspecified atom stereocenters. The summed E-state index contributed by atoms with van der Waals surface area (Å²) >= 11 is 3.43. The topological polar surface area (TPSA) is 32.3 Å². The number of aryl methyl sites for hydroxylation is 1. The number of hydrogen-bond acceptors (Lipinski definition) is 2. The molecule has 0 spiro atoms. The Morgan fingerprint density at radius 2 is 1.90 bits per heavy atom. The molecule has 0 heterocycles. The first-order chi connectivity index (χ1) is 9.58. The van der Waals surface area contributed by atoms with Crippen LogP contribution in [0.3, 0.4) is 0 Å². The number of nitrogens with one attached hydrogen (secondary N) is 1. The van der Waals surface area contributed by atoms with Gasteiger partial charge in [-0.2, -0.15) is 0 Å². The van der Waals surface area contributed by atoms with Crippen molar-refractivity contribution in [2.24, 2.45) is 0 Å². The molecule has 0 radical (unpaired) electrons. The van der Waals surface area contributed by atoms with Crippen LogP contribution in [0.25, 0.3) is 0 Å². The van der Waals surface area contributed by atoms with Gasteiger partial charge in [0.05, 0.1) is 6.10 Å². The summed E-state index contributed by atoms with van der Waals surface area (Å²) in [4.78, 5) is 0. The van der Waals surface area contributed by atoms with Crippen molar-refractivity contribution in [2.45, 2.75) is 26.0 Å². The SMILES string of the molecule is Cc1ccccc1[C@@H](C)NCC(O)c1cccc(Br)c1. The Labute approximate surface area is 129 Å². The summed E-state index contributed by atoms with van der Waals surface area (Å²) in [6.07, 6.45) is -0.501. The van der Waals surface area contributed by atoms with Gasteiger partial charge in [-0.05, 0) is 42.7 Å². The van der Waals surface area contributed by atoms with Crippen molar-refractivity contribution in [3.8, 4) is 0 Å². The van der Waals surface area contributed by atoms with Crippen LogP contribution in [-0.4, -0.2) is 11.7 Å². The average molecular weight is 334 g/mol. The van der Waals surface area contributed by atoms with Gasteiger partial charge in [-0.15, -0.1) is 0 Å². The van der Waals surface area contributed by atoms with Crippen LogP contribution in [-0.2, 0) is 0 Å². The van der Waals surface area contributed by atoms with Gasteiger partial charge in [0.2, 0.25) is 0 Å². The van der Waals surface area contributed by atoms with Crippen molar-refractivity contribution in [1.29, 1.82) is 0 Å². The van der Waals surface area contributed by atoms with Crippen molar-refractivity contribution in [3.63, 3.8) is 0 Å². The number of rotatable bonds is 5. The zero-order valence-electron chi connectivity index (χ0n) is 11.8. The van der Waals surface area contributed by atoms with Crippen LogP contribution in [0.5, 0.6) is 0 Å². The number of benzene rings is 2. The van der Waals surface area contributed by atoms with Crippen molar-refractivity contribution < 1.29 is 5.11 Å². The minimum Gasteiger partial charge on any atom is -0.387 e. The van der Waals surface area contributed by atoms with E-state index in [4.69, 9.17) is 0 Å². The average Bonchev–Trinajstić information content (AvgIpc) is 2.45. The maximum atomic E-state index is 10.2. The molecule has 2 atom stereocenters. The van der Waals surface area contributed by atoms with Gasteiger partial charge in [-0.1, -0.05) is 52.3 Å². The molecule has 2 aromatic rings. The lowest BCUT2D eigenvalue weighted by Crippen LogP contribution is -2.25. The molecule has 0 saturated heterocycles. The number of hydrogen-bond donors (Lipinski definition) is 2. The predicted octanol–water partition coefficient (Wildman–Crippen LogP) is 4.14. The summed E-state index contributed by atoms with van der Waals surface area (Å²) in [6, 6.07) is 16.3. The van der Waals surface area contributed by atoms with E-state index >= 15 is 0 Å². The van der Waals surface area contributed by atoms with Crippen LogP contribution in [0.4, 0.5) is 0 Å². The fraction of sp³-hybridized carbons (Fsp3) is 0.294. The van der Waals surface area contributed by atoms with E-state index in [1.54, 1.807) is 0 Å². The van der Waals surface area contributed by atoms with Crippen molar-refractivity contribution in [3.05, 3.63) is 69.7 Å². The van der Waals surface area contributed by atoms with Gasteiger partial charge in [0.25, 0.3) is 0 Å². The quantitative estimate of drug-likeness (QED) is 0.861. The zero-order valence-corrected chi connectivity index (χ0v) is 13.4. The van der Waals surface area contributed by atoms with Crippen LogP contribution in [0.2, 0.25) is 0 Å². The molecule has 0 aliphatic rings. The van der Waals surface area contributed by atoms with Crippen LogP contribution in [0.1, 0.15) is 35.8 Å². The Morgan fingerprint density at radius 1 is 1.15 bits per heavy atom. The van der Waals surface area contributed by atoms with Gasteiger partial charge in [-0.3, -0.25) is 0 Å². The summed E-state index contributed by atoms with van der Waals surface area (Å²) in [5, 5.41) is 13.6. The maximum Gasteiger partial charge on any atom is 0.0914 e. The summed E-state index contributed by atoms with van der Waals surface area (Å²) < 4.78 is 0.987. The van der Waals surface area contributed by atoms with E-state index in [2.05, 4.69) is 47.2 Å². The molecular formula is C17H20BrNO. The monoisotopic (exact) mass is 333 g/mol. The summed E-state index contributed by atoms with van der Waals surface area (Å²) in [5.74, 6) is 0. The molecule has 0 fully saturated rings. The number of aliphatic hydroxyl groups is 1. The Kier molecular flexibility index (Phi) is 5.35. The molecule has 106 valence electrons. The van der Waals surface area contributed by atoms with Crippen molar-refractivity contribution >= 4 is 15.9 Å². The first kappa shape index (κ1) is 15.2. The molecule has 2 nitrogen and oxygen atoms in total. The number of aliphatic hydroxyl groups excluding tert-OH is 1. The van der Waals surface area contributed by atoms with Gasteiger partial charge in [-0.25, -0.2) is 0 Å². The zero-order chi connectivity index (χ0) is 14.5. The van der Waals surface area contributed by atoms with Crippen LogP contribution in [0.15, 0.2) is 53.0 Å². The Balaban J connectivity index is 1.97. The molecule has 0 aliphatic carbocycles. The van der Waals surface area contributed by atoms with Crippen molar-refractivity contribution in [2.75, 3.05) is 6.54 Å². The molecule has 2 N–H and O–H groups in total. The first-order valence-corrected chi connectivity index (χ1v) is 7.59. The molecule has 0 saturated carbocycles. The standard InChI is InChI=1S/C17H20BrNO/c1-12-6-3-4-9-16(12)13(2)19-11-17(20)14-7-5-8-15(18)10-14/h3-10,13,17,19-20H,11H2,1-2H3/t13-,17?/m1/s1. The lowest BCUT2D eigenvalue weighted by atomic mass is 10.0. The molecule has 3 heteroatoms. The number of halogens is 1. The van der Waals surface area contributed by atoms with Crippen LogP contribution in [0, 0.1) is 6.92 Å². The molecular weight excluding hydrogens is 314 g/mol. The second-order valence-corrected chi connectivity index (χ2v) is 5.97. The van der Waals surface area contributed by atoms with E-state index in [0.29, 0.717) is 6.54 Å². The Hall–Kier alpha value is -1.16. The second-order valence-electron chi connectivity index (χ2n) is 5.06. The summed E-state index contributed by atoms with van der Waals surface area (Å²) in [6.45, 7) is 4.76. The van der Waals surface area contributed by atoms with E-state index in [0.717, 1.165) is 10.0 Å². The van der Waals surface area contributed by atoms with E-state index in [1.807, 2.05) is 36.4 Å². The van der Waals surface area contributed by atoms with E-state index in [-0.39, 0.29) is 6.04 Å². The highest BCUT2D eigenvalue weighted by Gasteiger charge is 2.11. The molecule has 2 rings (SSSR count). The normalized spacial score (nSPS) is 14.0. The minimum absolute atomic E-state index is 0.220. The summed E-state index contributed by atoms with van der Waals surface area (Å²) in [5.41, 5.74) is 3.46. The van der Waals surface area contributed by atoms with Crippen molar-refractivity contribution in [1.82, 2.24) is 5.32 Å². The van der Waals surface area contributed by atoms with E-state index in [9.17, 15) is 5.11 Å². The minimum atomic E-state index is -0.501. The van der Waals surface area contributed by atoms with Gasteiger partial charge in [0.1, 0.15) is 0 Å². The van der Waals surface area contributed by atoms with Gasteiger partial charge < -0.3 is 10.4 Å². The Morgan fingerprint density at radius 3 is 2.60 bits per heavy atom. The van der Waals surface area contributed by atoms with E-state index in [1.165, 1.54) is 11.1 Å². The highest BCUT2D eigenvalue weighted by Crippen LogP contribution is 2.20. The smallest absolute Gasteiger partial charge is 0.0914 e. The predicted molar refractivity (Wildman–Crippen MR) is 86.7 cm³/mol. The molecule has 0 aliphatic heterocycles. The largest absolute Gasteiger partial charge is 0.387 e. The highest BCUT2D eigenvalue weighted by molar-refractivity contribution is 9.10. The molecule has 20 heavy (non-hydrogen) atoms. The third-order valence-electron chi connectivity index (χ3n) is 3.51. The third-order valence-corrected chi connectivity index (χ3v) is 4.00. The van der Waals surface area contributed by atoms with Crippen LogP contribution >= 0.6 is 15.9 Å². The van der Waals surface area contributed by atoms with Gasteiger partial charge in [0.15, 0.2) is 0 Å². The molecule has 0 amide bonds. The van der Waals surface area contributed by atoms with Crippen LogP contribution < -0.4 is 5.32 Å². The Bertz CT molecular complexity index is 570. The second kappa shape index (κ2) is 7.02. The molecule has 0 bridgehead atoms. The van der Waals surface area contributed by atoms with Gasteiger partial charge in [0, 0.05) is 17.1 Å². The fourth-order valence-corrected chi connectivity index (χ4v) is 2.72. The lowest BCUT2D eigenvalue weighted by Gasteiger charge is -2.19. The fourth-order valence-electron chi connectivity index (χ4n) is 2.30. The highest BCUT2D eigenvalue weighted by atomic mass is 79.9.